The van der Waals surface area contributed by atoms with Gasteiger partial charge in [-0.1, -0.05) is 101 Å². The Morgan fingerprint density at radius 3 is 2.32 bits per heavy atom. The molecule has 0 saturated heterocycles. The van der Waals surface area contributed by atoms with E-state index in [9.17, 15) is 0 Å². The fraction of sp³-hybridized carbons (Fsp3) is 0.405. The van der Waals surface area contributed by atoms with E-state index in [1.165, 1.54) is 66.8 Å². The van der Waals surface area contributed by atoms with Crippen LogP contribution in [0.3, 0.4) is 0 Å². The van der Waals surface area contributed by atoms with Gasteiger partial charge in [0.15, 0.2) is 0 Å². The van der Waals surface area contributed by atoms with Crippen LogP contribution < -0.4 is 0 Å². The molecular formula is C37H44. The molecule has 5 rings (SSSR count). The summed E-state index contributed by atoms with van der Waals surface area (Å²) in [6, 6.07) is 13.8. The number of rotatable bonds is 3. The third kappa shape index (κ3) is 3.41. The van der Waals surface area contributed by atoms with Crippen LogP contribution >= 0.6 is 0 Å². The predicted octanol–water partition coefficient (Wildman–Crippen LogP) is 10.4. The number of allylic oxidation sites excluding steroid dienone is 7. The zero-order valence-electron chi connectivity index (χ0n) is 24.4. The minimum atomic E-state index is -0.114. The zero-order valence-corrected chi connectivity index (χ0v) is 24.4. The maximum Gasteiger partial charge on any atom is 0.0194 e. The molecule has 0 aromatic heterocycles. The van der Waals surface area contributed by atoms with Crippen molar-refractivity contribution in [2.24, 2.45) is 16.2 Å². The van der Waals surface area contributed by atoms with Crippen LogP contribution in [-0.4, -0.2) is 0 Å². The van der Waals surface area contributed by atoms with E-state index in [1.807, 2.05) is 0 Å². The molecule has 192 valence electrons. The highest BCUT2D eigenvalue weighted by Gasteiger charge is 2.59. The van der Waals surface area contributed by atoms with E-state index in [-0.39, 0.29) is 16.2 Å². The van der Waals surface area contributed by atoms with Crippen molar-refractivity contribution in [3.05, 3.63) is 112 Å². The average Bonchev–Trinajstić information content (AvgIpc) is 2.81. The minimum absolute atomic E-state index is 0.0363. The number of hydrogen-bond acceptors (Lipinski definition) is 0. The summed E-state index contributed by atoms with van der Waals surface area (Å²) in [4.78, 5) is 0. The van der Waals surface area contributed by atoms with E-state index in [0.717, 1.165) is 31.3 Å². The molecule has 0 amide bonds. The van der Waals surface area contributed by atoms with Gasteiger partial charge in [-0.2, -0.15) is 0 Å². The second kappa shape index (κ2) is 8.32. The third-order valence-corrected chi connectivity index (χ3v) is 10.5. The van der Waals surface area contributed by atoms with Crippen LogP contribution in [0.15, 0.2) is 89.6 Å². The lowest BCUT2D eigenvalue weighted by Crippen LogP contribution is -2.52. The van der Waals surface area contributed by atoms with Crippen molar-refractivity contribution in [3.63, 3.8) is 0 Å². The number of aryl methyl sites for hydroxylation is 2. The first-order chi connectivity index (χ1) is 17.3. The highest BCUT2D eigenvalue weighted by atomic mass is 14.6. The molecule has 0 saturated carbocycles. The van der Waals surface area contributed by atoms with Crippen molar-refractivity contribution in [3.8, 4) is 11.1 Å². The van der Waals surface area contributed by atoms with Crippen LogP contribution in [0.4, 0.5) is 0 Å². The molecule has 0 nitrogen and oxygen atoms in total. The molecule has 37 heavy (non-hydrogen) atoms. The fourth-order valence-electron chi connectivity index (χ4n) is 8.77. The molecule has 2 aromatic carbocycles. The van der Waals surface area contributed by atoms with Crippen LogP contribution in [0.2, 0.25) is 0 Å². The first kappa shape index (κ1) is 25.8. The van der Waals surface area contributed by atoms with E-state index >= 15 is 0 Å². The monoisotopic (exact) mass is 488 g/mol. The Hall–Kier alpha value is -2.86. The number of fused-ring (bicyclic) bond motifs is 3. The molecule has 3 atom stereocenters. The van der Waals surface area contributed by atoms with Gasteiger partial charge >= 0.3 is 0 Å². The Balaban J connectivity index is 1.76. The van der Waals surface area contributed by atoms with Gasteiger partial charge in [-0.05, 0) is 120 Å². The van der Waals surface area contributed by atoms with Crippen molar-refractivity contribution in [2.45, 2.75) is 81.1 Å². The quantitative estimate of drug-likeness (QED) is 0.403. The van der Waals surface area contributed by atoms with Crippen LogP contribution in [0.5, 0.6) is 0 Å². The summed E-state index contributed by atoms with van der Waals surface area (Å²) in [5.74, 6) is 0. The predicted molar refractivity (Wildman–Crippen MR) is 162 cm³/mol. The third-order valence-electron chi connectivity index (χ3n) is 10.5. The summed E-state index contributed by atoms with van der Waals surface area (Å²) in [5, 5.41) is 0. The Kier molecular flexibility index (Phi) is 5.80. The summed E-state index contributed by atoms with van der Waals surface area (Å²) in [5.41, 5.74) is 17.6. The first-order valence-corrected chi connectivity index (χ1v) is 14.0. The van der Waals surface area contributed by atoms with E-state index < -0.39 is 0 Å². The zero-order chi connectivity index (χ0) is 27.1. The Morgan fingerprint density at radius 2 is 1.68 bits per heavy atom. The van der Waals surface area contributed by atoms with Crippen LogP contribution in [0, 0.1) is 23.2 Å². The summed E-state index contributed by atoms with van der Waals surface area (Å²) in [6.45, 7) is 32.7. The molecule has 0 spiro atoms. The van der Waals surface area contributed by atoms with E-state index in [0.29, 0.717) is 0 Å². The lowest BCUT2D eigenvalue weighted by atomic mass is 9.41. The van der Waals surface area contributed by atoms with Gasteiger partial charge in [-0.3, -0.25) is 0 Å². The Labute approximate surface area is 225 Å². The van der Waals surface area contributed by atoms with Crippen molar-refractivity contribution >= 4 is 5.57 Å². The van der Waals surface area contributed by atoms with Crippen molar-refractivity contribution < 1.29 is 0 Å². The Bertz CT molecular complexity index is 1450. The molecule has 2 aromatic rings. The van der Waals surface area contributed by atoms with Gasteiger partial charge in [0.25, 0.3) is 0 Å². The lowest BCUT2D eigenvalue weighted by Gasteiger charge is -2.62. The molecule has 3 aliphatic rings. The van der Waals surface area contributed by atoms with Crippen molar-refractivity contribution in [2.75, 3.05) is 0 Å². The van der Waals surface area contributed by atoms with Crippen molar-refractivity contribution in [1.29, 1.82) is 0 Å². The maximum atomic E-state index is 4.83. The number of hydrogen-bond donors (Lipinski definition) is 0. The molecule has 0 heterocycles. The second-order valence-corrected chi connectivity index (χ2v) is 13.0. The molecule has 0 N–H and O–H groups in total. The molecule has 0 heteroatoms. The molecule has 0 bridgehead atoms. The second-order valence-electron chi connectivity index (χ2n) is 13.0. The van der Waals surface area contributed by atoms with Gasteiger partial charge in [0.1, 0.15) is 0 Å². The van der Waals surface area contributed by atoms with Gasteiger partial charge < -0.3 is 0 Å². The molecule has 0 unspecified atom stereocenters. The van der Waals surface area contributed by atoms with Crippen LogP contribution in [0.1, 0.15) is 83.6 Å². The van der Waals surface area contributed by atoms with Gasteiger partial charge in [0.2, 0.25) is 0 Å². The molecule has 3 aliphatic carbocycles. The van der Waals surface area contributed by atoms with Crippen molar-refractivity contribution in [1.82, 2.24) is 0 Å². The van der Waals surface area contributed by atoms with E-state index in [1.54, 1.807) is 0 Å². The smallest absolute Gasteiger partial charge is 0.0194 e. The standard InChI is InChI=1S/C37H44/c1-12-28-14-13-15-29(18-28)30-17-16-23(4)33-25(6)34-27(8)37(11)26(7)32(22(2)3)24(5)19-36(37,10)21-35(34,9)20-31(30)33/h13-18H,2,6-7,12,19-21H2,1,3-5,8-11H3/t35-,36+,37-/m1/s1. The summed E-state index contributed by atoms with van der Waals surface area (Å²) < 4.78 is 0. The van der Waals surface area contributed by atoms with Gasteiger partial charge in [-0.25, -0.2) is 0 Å². The maximum absolute atomic E-state index is 4.83. The normalized spacial score (nSPS) is 29.2. The highest BCUT2D eigenvalue weighted by Crippen LogP contribution is 2.70. The lowest BCUT2D eigenvalue weighted by molar-refractivity contribution is 0.0544. The fourth-order valence-corrected chi connectivity index (χ4v) is 8.77. The minimum Gasteiger partial charge on any atom is -0.0955 e. The Morgan fingerprint density at radius 1 is 0.973 bits per heavy atom. The van der Waals surface area contributed by atoms with Crippen LogP contribution in [0.25, 0.3) is 16.7 Å². The first-order valence-electron chi connectivity index (χ1n) is 14.0. The van der Waals surface area contributed by atoms with Gasteiger partial charge in [-0.15, -0.1) is 0 Å². The summed E-state index contributed by atoms with van der Waals surface area (Å²) in [6.07, 6.45) is 4.32. The molecular weight excluding hydrogens is 444 g/mol. The van der Waals surface area contributed by atoms with Gasteiger partial charge in [0, 0.05) is 5.41 Å². The average molecular weight is 489 g/mol. The van der Waals surface area contributed by atoms with E-state index in [4.69, 9.17) is 13.2 Å². The molecule has 0 fully saturated rings. The SMILES string of the molecule is C=C(C)C1=C(C)C[C@@]2(C)C[C@@]3(C)Cc4c(-c5cccc(CC)c5)ccc(C)c4C(=C)C3=C(C)[C@@]2(C)C1=C. The summed E-state index contributed by atoms with van der Waals surface area (Å²) in [7, 11) is 0. The topological polar surface area (TPSA) is 0 Å². The van der Waals surface area contributed by atoms with E-state index in [2.05, 4.69) is 98.4 Å². The van der Waals surface area contributed by atoms with Gasteiger partial charge in [0.05, 0.1) is 0 Å². The molecule has 0 aliphatic heterocycles. The highest BCUT2D eigenvalue weighted by molar-refractivity contribution is 5.90. The summed E-state index contributed by atoms with van der Waals surface area (Å²) >= 11 is 0. The number of benzene rings is 2. The van der Waals surface area contributed by atoms with Crippen LogP contribution in [-0.2, 0) is 12.8 Å². The molecule has 0 radical (unpaired) electrons. The largest absolute Gasteiger partial charge is 0.0955 e.